The van der Waals surface area contributed by atoms with Gasteiger partial charge in [0.05, 0.1) is 6.04 Å². The molecule has 0 radical (unpaired) electrons. The van der Waals surface area contributed by atoms with Crippen molar-refractivity contribution in [2.24, 2.45) is 5.41 Å². The maximum Gasteiger partial charge on any atom is 0.410 e. The molecule has 1 saturated heterocycles. The number of aromatic nitrogens is 1. The second-order valence-corrected chi connectivity index (χ2v) is 13.5. The number of piperidine rings is 1. The highest BCUT2D eigenvalue weighted by molar-refractivity contribution is 7.90. The maximum absolute atomic E-state index is 13.1. The minimum absolute atomic E-state index is 0.0101. The molecule has 1 unspecified atom stereocenters. The van der Waals surface area contributed by atoms with E-state index >= 15 is 0 Å². The normalized spacial score (nSPS) is 24.2. The highest BCUT2D eigenvalue weighted by atomic mass is 32.2. The highest BCUT2D eigenvalue weighted by Gasteiger charge is 2.52. The van der Waals surface area contributed by atoms with Gasteiger partial charge >= 0.3 is 6.09 Å². The van der Waals surface area contributed by atoms with E-state index in [2.05, 4.69) is 16.9 Å². The maximum atomic E-state index is 13.1. The average molecular weight is 448 g/mol. The Hall–Kier alpha value is -1.31. The van der Waals surface area contributed by atoms with Gasteiger partial charge in [0.15, 0.2) is 0 Å². The molecule has 31 heavy (non-hydrogen) atoms. The quantitative estimate of drug-likeness (QED) is 0.684. The predicted octanol–water partition coefficient (Wildman–Crippen LogP) is 4.63. The Labute approximate surface area is 189 Å². The monoisotopic (exact) mass is 447 g/mol. The molecule has 172 valence electrons. The molecule has 4 rings (SSSR count). The number of nitrogens with zero attached hydrogens (tertiary/aromatic N) is 2. The fourth-order valence-electron chi connectivity index (χ4n) is 4.70. The summed E-state index contributed by atoms with van der Waals surface area (Å²) in [5, 5.41) is 0. The number of likely N-dealkylation sites (tertiary alicyclic amines) is 1. The Kier molecular flexibility index (Phi) is 5.85. The van der Waals surface area contributed by atoms with Gasteiger partial charge in [0.25, 0.3) is 0 Å². The van der Waals surface area contributed by atoms with Gasteiger partial charge in [-0.05, 0) is 85.3 Å². The number of carbonyl (C=O) groups is 1. The molecule has 1 spiro atoms. The molecule has 2 heterocycles. The minimum Gasteiger partial charge on any atom is -0.598 e. The Bertz CT molecular complexity index is 833. The van der Waals surface area contributed by atoms with Crippen molar-refractivity contribution in [3.8, 4) is 0 Å². The van der Waals surface area contributed by atoms with Gasteiger partial charge in [0, 0.05) is 47.2 Å². The molecule has 0 aromatic carbocycles. The first-order valence-electron chi connectivity index (χ1n) is 11.5. The summed E-state index contributed by atoms with van der Waals surface area (Å²) >= 11 is -1.18. The van der Waals surface area contributed by atoms with Crippen LogP contribution in [0.1, 0.15) is 96.1 Å². The van der Waals surface area contributed by atoms with Gasteiger partial charge in [-0.2, -0.15) is 0 Å². The first-order chi connectivity index (χ1) is 14.4. The minimum atomic E-state index is -1.18. The summed E-state index contributed by atoms with van der Waals surface area (Å²) in [7, 11) is 0. The third-order valence-corrected chi connectivity index (χ3v) is 8.22. The fraction of sp³-hybridized carbons (Fsp3) is 0.750. The van der Waals surface area contributed by atoms with E-state index in [-0.39, 0.29) is 22.3 Å². The van der Waals surface area contributed by atoms with E-state index in [0.29, 0.717) is 19.0 Å². The summed E-state index contributed by atoms with van der Waals surface area (Å²) < 4.78 is 21.8. The number of hydrogen-bond acceptors (Lipinski definition) is 5. The number of rotatable bonds is 3. The van der Waals surface area contributed by atoms with Crippen molar-refractivity contribution in [1.82, 2.24) is 14.6 Å². The smallest absolute Gasteiger partial charge is 0.410 e. The Morgan fingerprint density at radius 3 is 2.39 bits per heavy atom. The van der Waals surface area contributed by atoms with Gasteiger partial charge in [-0.1, -0.05) is 6.07 Å². The molecule has 1 amide bonds. The molecule has 2 aliphatic carbocycles. The van der Waals surface area contributed by atoms with E-state index in [1.54, 1.807) is 0 Å². The lowest BCUT2D eigenvalue weighted by Gasteiger charge is -2.43. The Balaban J connectivity index is 1.56. The predicted molar refractivity (Wildman–Crippen MR) is 123 cm³/mol. The third kappa shape index (κ3) is 4.88. The lowest BCUT2D eigenvalue weighted by Crippen LogP contribution is -2.51. The van der Waals surface area contributed by atoms with Crippen molar-refractivity contribution in [1.29, 1.82) is 0 Å². The summed E-state index contributed by atoms with van der Waals surface area (Å²) in [6.45, 7) is 13.0. The van der Waals surface area contributed by atoms with Crippen LogP contribution in [0.2, 0.25) is 0 Å². The first kappa shape index (κ1) is 22.9. The van der Waals surface area contributed by atoms with E-state index in [9.17, 15) is 9.35 Å². The van der Waals surface area contributed by atoms with Crippen molar-refractivity contribution in [2.75, 3.05) is 13.1 Å². The largest absolute Gasteiger partial charge is 0.598 e. The molecule has 1 N–H and O–H groups in total. The molecule has 6 nitrogen and oxygen atoms in total. The third-order valence-electron chi connectivity index (χ3n) is 6.66. The van der Waals surface area contributed by atoms with Gasteiger partial charge in [0.2, 0.25) is 0 Å². The molecule has 0 bridgehead atoms. The topological polar surface area (TPSA) is 77.5 Å². The van der Waals surface area contributed by atoms with Crippen LogP contribution in [0.25, 0.3) is 0 Å². The molecule has 1 aromatic heterocycles. The lowest BCUT2D eigenvalue weighted by atomic mass is 9.73. The van der Waals surface area contributed by atoms with Crippen LogP contribution in [0.5, 0.6) is 0 Å². The van der Waals surface area contributed by atoms with Gasteiger partial charge in [-0.25, -0.2) is 4.79 Å². The van der Waals surface area contributed by atoms with E-state index in [4.69, 9.17) is 9.72 Å². The zero-order valence-corrected chi connectivity index (χ0v) is 20.6. The van der Waals surface area contributed by atoms with Crippen molar-refractivity contribution >= 4 is 17.5 Å². The van der Waals surface area contributed by atoms with Gasteiger partial charge in [0.1, 0.15) is 10.3 Å². The second kappa shape index (κ2) is 7.92. The molecular formula is C24H37N3O3S. The highest BCUT2D eigenvalue weighted by Crippen LogP contribution is 2.53. The molecule has 1 aliphatic heterocycles. The van der Waals surface area contributed by atoms with Crippen LogP contribution in [0.15, 0.2) is 12.1 Å². The number of fused-ring (bicyclic) bond motifs is 1. The fourth-order valence-corrected chi connectivity index (χ4v) is 5.65. The zero-order valence-electron chi connectivity index (χ0n) is 19.8. The van der Waals surface area contributed by atoms with Crippen molar-refractivity contribution in [2.45, 2.75) is 96.0 Å². The van der Waals surface area contributed by atoms with Crippen LogP contribution in [-0.4, -0.2) is 44.0 Å². The Morgan fingerprint density at radius 2 is 1.84 bits per heavy atom. The lowest BCUT2D eigenvalue weighted by molar-refractivity contribution is 0.00711. The standard InChI is InChI=1S/C24H37N3O3S/c1-22(2,3)30-21(28)27-13-11-24(12-14-27)15-19-17(9-10-18(25-19)16-7-8-16)20(24)26-31(29)23(4,5)6/h9-10,16,20,26H,7-8,11-15H2,1-6H3/t20-,31?/m1/s1. The zero-order chi connectivity index (χ0) is 22.6. The van der Waals surface area contributed by atoms with Crippen LogP contribution >= 0.6 is 0 Å². The van der Waals surface area contributed by atoms with Crippen LogP contribution in [0.4, 0.5) is 4.79 Å². The molecular weight excluding hydrogens is 410 g/mol. The Morgan fingerprint density at radius 1 is 1.19 bits per heavy atom. The number of carbonyl (C=O) groups excluding carboxylic acids is 1. The number of pyridine rings is 1. The average Bonchev–Trinajstić information content (AvgIpc) is 3.46. The molecule has 3 aliphatic rings. The number of amides is 1. The summed E-state index contributed by atoms with van der Waals surface area (Å²) in [5.41, 5.74) is 2.98. The summed E-state index contributed by atoms with van der Waals surface area (Å²) in [6, 6.07) is 4.37. The SMILES string of the molecule is CC(C)(C)OC(=O)N1CCC2(CC1)Cc1nc(C3CC3)ccc1[C@H]2N[S+]([O-])C(C)(C)C. The van der Waals surface area contributed by atoms with Crippen LogP contribution in [0, 0.1) is 5.41 Å². The first-order valence-corrected chi connectivity index (χ1v) is 12.7. The van der Waals surface area contributed by atoms with Crippen LogP contribution < -0.4 is 4.72 Å². The van der Waals surface area contributed by atoms with Crippen molar-refractivity contribution in [3.05, 3.63) is 29.1 Å². The second-order valence-electron chi connectivity index (χ2n) is 11.5. The van der Waals surface area contributed by atoms with E-state index in [0.717, 1.165) is 25.0 Å². The van der Waals surface area contributed by atoms with E-state index in [1.165, 1.54) is 24.1 Å². The van der Waals surface area contributed by atoms with Crippen molar-refractivity contribution in [3.63, 3.8) is 0 Å². The van der Waals surface area contributed by atoms with Crippen LogP contribution in [0.3, 0.4) is 0 Å². The summed E-state index contributed by atoms with van der Waals surface area (Å²) in [4.78, 5) is 19.4. The van der Waals surface area contributed by atoms with E-state index < -0.39 is 17.0 Å². The molecule has 1 aromatic rings. The van der Waals surface area contributed by atoms with Gasteiger partial charge in [-0.3, -0.25) is 4.98 Å². The van der Waals surface area contributed by atoms with E-state index in [1.807, 2.05) is 46.4 Å². The molecule has 2 atom stereocenters. The number of hydrogen-bond donors (Lipinski definition) is 1. The van der Waals surface area contributed by atoms with Gasteiger partial charge < -0.3 is 14.2 Å². The summed E-state index contributed by atoms with van der Waals surface area (Å²) in [6.07, 6.45) is 4.80. The van der Waals surface area contributed by atoms with Crippen molar-refractivity contribution < 1.29 is 14.1 Å². The molecule has 7 heteroatoms. The molecule has 2 fully saturated rings. The van der Waals surface area contributed by atoms with Gasteiger partial charge in [-0.15, -0.1) is 4.72 Å². The van der Waals surface area contributed by atoms with Crippen LogP contribution in [-0.2, 0) is 22.5 Å². The number of nitrogens with one attached hydrogen (secondary N) is 1. The summed E-state index contributed by atoms with van der Waals surface area (Å²) in [5.74, 6) is 0.617. The number of ether oxygens (including phenoxy) is 1. The molecule has 1 saturated carbocycles.